The molecular formula is C25H34N10O5. The molecule has 0 saturated heterocycles. The number of carbonyl (C=O) groups excluding carboxylic acids is 4. The first-order valence-corrected chi connectivity index (χ1v) is 12.3. The van der Waals surface area contributed by atoms with E-state index in [1.807, 2.05) is 14.1 Å². The average Bonchev–Trinajstić information content (AvgIpc) is 3.71. The van der Waals surface area contributed by atoms with E-state index in [0.29, 0.717) is 28.6 Å². The molecule has 15 heteroatoms. The van der Waals surface area contributed by atoms with Crippen LogP contribution in [0.25, 0.3) is 0 Å². The van der Waals surface area contributed by atoms with E-state index < -0.39 is 11.9 Å². The molecule has 0 unspecified atom stereocenters. The zero-order chi connectivity index (χ0) is 29.6. The van der Waals surface area contributed by atoms with Crippen LogP contribution in [0.15, 0.2) is 42.1 Å². The molecule has 3 rings (SSSR count). The van der Waals surface area contributed by atoms with Crippen molar-refractivity contribution < 1.29 is 19.2 Å². The Bertz CT molecular complexity index is 1370. The Morgan fingerprint density at radius 3 is 1.75 bits per heavy atom. The van der Waals surface area contributed by atoms with Crippen LogP contribution >= 0.6 is 0 Å². The minimum atomic E-state index is -0.759. The summed E-state index contributed by atoms with van der Waals surface area (Å²) in [5.74, 6) is -0.980. The minimum Gasteiger partial charge on any atom is -0.355 e. The summed E-state index contributed by atoms with van der Waals surface area (Å²) in [6.07, 6.45) is 5.34. The van der Waals surface area contributed by atoms with Gasteiger partial charge in [-0.1, -0.05) is 0 Å². The summed E-state index contributed by atoms with van der Waals surface area (Å²) in [6.45, 7) is 1.47. The number of hydrogen-bond acceptors (Lipinski definition) is 7. The Balaban J connectivity index is 1.63. The summed E-state index contributed by atoms with van der Waals surface area (Å²) in [7, 11) is 10.0. The highest BCUT2D eigenvalue weighted by Crippen LogP contribution is 2.22. The maximum absolute atomic E-state index is 13.1. The second kappa shape index (κ2) is 12.8. The highest BCUT2D eigenvalue weighted by Gasteiger charge is 2.22. The summed E-state index contributed by atoms with van der Waals surface area (Å²) in [5.41, 5.74) is 1.98. The number of nitrogens with zero attached hydrogens (tertiary/aromatic N) is 6. The maximum atomic E-state index is 13.1. The van der Waals surface area contributed by atoms with E-state index in [1.54, 1.807) is 31.3 Å². The molecule has 0 saturated carbocycles. The zero-order valence-corrected chi connectivity index (χ0v) is 23.3. The third kappa shape index (κ3) is 6.93. The summed E-state index contributed by atoms with van der Waals surface area (Å²) < 4.78 is 0. The van der Waals surface area contributed by atoms with Crippen LogP contribution in [0.2, 0.25) is 0 Å². The number of urea groups is 1. The van der Waals surface area contributed by atoms with Crippen molar-refractivity contribution in [3.8, 4) is 0 Å². The third-order valence-electron chi connectivity index (χ3n) is 6.21. The Hall–Kier alpha value is -4.92. The lowest BCUT2D eigenvalue weighted by molar-refractivity contribution is 0.0785. The molecule has 0 bridgehead atoms. The van der Waals surface area contributed by atoms with Gasteiger partial charge >= 0.3 is 6.03 Å². The number of aromatic nitrogens is 3. The fourth-order valence-corrected chi connectivity index (χ4v) is 3.76. The Labute approximate surface area is 231 Å². The first kappa shape index (κ1) is 29.6. The maximum Gasteiger partial charge on any atom is 0.344 e. The minimum absolute atomic E-state index is 0.168. The number of nitrogens with one attached hydrogen (secondary N) is 4. The van der Waals surface area contributed by atoms with Gasteiger partial charge in [0.2, 0.25) is 0 Å². The highest BCUT2D eigenvalue weighted by molar-refractivity contribution is 6.08. The number of rotatable bonds is 11. The second-order valence-corrected chi connectivity index (χ2v) is 9.49. The van der Waals surface area contributed by atoms with Crippen LogP contribution in [0, 0.1) is 4.91 Å². The van der Waals surface area contributed by atoms with Gasteiger partial charge in [-0.25, -0.2) is 4.79 Å². The summed E-state index contributed by atoms with van der Waals surface area (Å²) in [6, 6.07) is 3.80. The molecule has 0 atom stereocenters. The Morgan fingerprint density at radius 1 is 0.725 bits per heavy atom. The fraction of sp³-hybridized carbons (Fsp3) is 0.360. The molecule has 0 aliphatic heterocycles. The first-order valence-electron chi connectivity index (χ1n) is 12.3. The number of amides is 5. The van der Waals surface area contributed by atoms with Gasteiger partial charge in [0.1, 0.15) is 17.1 Å². The molecule has 0 aliphatic rings. The number of aromatic amines is 3. The molecular weight excluding hydrogens is 520 g/mol. The molecule has 3 aromatic rings. The van der Waals surface area contributed by atoms with Crippen molar-refractivity contribution in [3.05, 3.63) is 58.8 Å². The molecule has 3 heterocycles. The van der Waals surface area contributed by atoms with Gasteiger partial charge in [-0.15, -0.1) is 4.91 Å². The van der Waals surface area contributed by atoms with Gasteiger partial charge in [-0.3, -0.25) is 14.4 Å². The molecule has 0 aromatic carbocycles. The van der Waals surface area contributed by atoms with E-state index in [4.69, 9.17) is 0 Å². The van der Waals surface area contributed by atoms with Gasteiger partial charge in [-0.05, 0) is 45.3 Å². The average molecular weight is 555 g/mol. The standard InChI is InChI=1S/C25H34N10O5/c1-31(2)8-7-9-32(3)22(36)20-11-17(14-27-20)34(5)24(38)21-12-18(15-28-21)33(4)23(37)19-10-16(13-26-19)29-25(39)35(6)30-40/h10-15,26-28H,7-9H2,1-6H3,(H,29,39). The number of H-pyrrole nitrogens is 3. The number of hydrogen-bond donors (Lipinski definition) is 4. The molecule has 4 N–H and O–H groups in total. The molecule has 0 spiro atoms. The van der Waals surface area contributed by atoms with E-state index in [9.17, 15) is 24.1 Å². The number of carbonyl (C=O) groups is 4. The van der Waals surface area contributed by atoms with Crippen molar-refractivity contribution in [1.82, 2.24) is 29.8 Å². The Kier molecular flexibility index (Phi) is 9.45. The van der Waals surface area contributed by atoms with Gasteiger partial charge in [0.05, 0.1) is 22.3 Å². The third-order valence-corrected chi connectivity index (χ3v) is 6.21. The van der Waals surface area contributed by atoms with E-state index >= 15 is 0 Å². The number of nitroso groups, excluding NO2 is 1. The van der Waals surface area contributed by atoms with Gasteiger partial charge in [-0.2, -0.15) is 5.01 Å². The smallest absolute Gasteiger partial charge is 0.344 e. The lowest BCUT2D eigenvalue weighted by Crippen LogP contribution is -2.30. The SMILES string of the molecule is CN(C)CCCN(C)C(=O)c1cc(N(C)C(=O)c2cc(N(C)C(=O)c3cc(NC(=O)N(C)N=O)c[nH]3)c[nH]2)c[nH]1. The largest absolute Gasteiger partial charge is 0.355 e. The van der Waals surface area contributed by atoms with Crippen LogP contribution in [0.3, 0.4) is 0 Å². The summed E-state index contributed by atoms with van der Waals surface area (Å²) in [5, 5.41) is 5.51. The fourth-order valence-electron chi connectivity index (χ4n) is 3.76. The topological polar surface area (TPSA) is 173 Å². The molecule has 3 aromatic heterocycles. The van der Waals surface area contributed by atoms with E-state index in [1.165, 1.54) is 48.4 Å². The van der Waals surface area contributed by atoms with Gasteiger partial charge in [0, 0.05) is 53.3 Å². The van der Waals surface area contributed by atoms with Gasteiger partial charge in [0.15, 0.2) is 0 Å². The monoisotopic (exact) mass is 554 g/mol. The highest BCUT2D eigenvalue weighted by atomic mass is 16.3. The van der Waals surface area contributed by atoms with Crippen LogP contribution in [0.4, 0.5) is 21.9 Å². The van der Waals surface area contributed by atoms with Crippen molar-refractivity contribution in [2.24, 2.45) is 5.29 Å². The molecule has 0 aliphatic carbocycles. The molecule has 5 amide bonds. The van der Waals surface area contributed by atoms with Gasteiger partial charge in [0.25, 0.3) is 17.7 Å². The lowest BCUT2D eigenvalue weighted by Gasteiger charge is -2.18. The van der Waals surface area contributed by atoms with Crippen molar-refractivity contribution >= 4 is 40.8 Å². The zero-order valence-electron chi connectivity index (χ0n) is 23.3. The molecule has 0 fully saturated rings. The van der Waals surface area contributed by atoms with Crippen LogP contribution < -0.4 is 15.1 Å². The predicted molar refractivity (Wildman–Crippen MR) is 151 cm³/mol. The van der Waals surface area contributed by atoms with E-state index in [-0.39, 0.29) is 28.9 Å². The summed E-state index contributed by atoms with van der Waals surface area (Å²) in [4.78, 5) is 76.0. The van der Waals surface area contributed by atoms with E-state index in [0.717, 1.165) is 13.0 Å². The lowest BCUT2D eigenvalue weighted by atomic mass is 10.3. The van der Waals surface area contributed by atoms with Crippen LogP contribution in [0.5, 0.6) is 0 Å². The second-order valence-electron chi connectivity index (χ2n) is 9.49. The number of anilines is 3. The molecule has 15 nitrogen and oxygen atoms in total. The molecule has 214 valence electrons. The quantitative estimate of drug-likeness (QED) is 0.209. The summed E-state index contributed by atoms with van der Waals surface area (Å²) >= 11 is 0. The van der Waals surface area contributed by atoms with Crippen LogP contribution in [0.1, 0.15) is 37.9 Å². The van der Waals surface area contributed by atoms with Crippen molar-refractivity contribution in [1.29, 1.82) is 0 Å². The molecule has 0 radical (unpaired) electrons. The van der Waals surface area contributed by atoms with E-state index in [2.05, 4.69) is 30.5 Å². The Morgan fingerprint density at radius 2 is 1.23 bits per heavy atom. The first-order chi connectivity index (χ1) is 18.9. The van der Waals surface area contributed by atoms with Gasteiger partial charge < -0.3 is 39.9 Å². The van der Waals surface area contributed by atoms with Crippen molar-refractivity contribution in [3.63, 3.8) is 0 Å². The van der Waals surface area contributed by atoms with Crippen LogP contribution in [-0.4, -0.2) is 109 Å². The predicted octanol–water partition coefficient (Wildman–Crippen LogP) is 2.39. The normalized spacial score (nSPS) is 10.8. The van der Waals surface area contributed by atoms with Crippen molar-refractivity contribution in [2.75, 3.05) is 70.5 Å². The molecule has 40 heavy (non-hydrogen) atoms. The van der Waals surface area contributed by atoms with Crippen LogP contribution in [-0.2, 0) is 0 Å². The van der Waals surface area contributed by atoms with Crippen molar-refractivity contribution in [2.45, 2.75) is 6.42 Å².